The number of amides is 1. The Hall–Kier alpha value is -2.34. The largest absolute Gasteiger partial charge is 0.496 e. The van der Waals surface area contributed by atoms with Gasteiger partial charge in [-0.1, -0.05) is 11.6 Å². The Labute approximate surface area is 145 Å². The summed E-state index contributed by atoms with van der Waals surface area (Å²) in [4.78, 5) is 14.6. The summed E-state index contributed by atoms with van der Waals surface area (Å²) in [6.45, 7) is 1.17. The first-order valence-corrected chi connectivity index (χ1v) is 8.12. The van der Waals surface area contributed by atoms with E-state index in [9.17, 15) is 4.79 Å². The lowest BCUT2D eigenvalue weighted by atomic mass is 10.1. The van der Waals surface area contributed by atoms with Gasteiger partial charge in [0.2, 0.25) is 5.88 Å². The van der Waals surface area contributed by atoms with E-state index in [1.807, 2.05) is 0 Å². The van der Waals surface area contributed by atoms with Crippen molar-refractivity contribution in [1.82, 2.24) is 15.1 Å². The topological polar surface area (TPSA) is 64.5 Å². The zero-order valence-corrected chi connectivity index (χ0v) is 14.1. The van der Waals surface area contributed by atoms with Crippen molar-refractivity contribution in [2.24, 2.45) is 0 Å². The molecule has 2 heterocycles. The summed E-state index contributed by atoms with van der Waals surface area (Å²) >= 11 is 6.03. The summed E-state index contributed by atoms with van der Waals surface area (Å²) < 4.78 is 11.1. The Balaban J connectivity index is 1.72. The van der Waals surface area contributed by atoms with Crippen molar-refractivity contribution in [3.63, 3.8) is 0 Å². The Morgan fingerprint density at radius 1 is 1.38 bits per heavy atom. The van der Waals surface area contributed by atoms with Gasteiger partial charge in [-0.15, -0.1) is 5.10 Å². The number of carbonyl (C=O) groups excluding carboxylic acids is 1. The normalized spacial score (nSPS) is 17.4. The highest BCUT2D eigenvalue weighted by molar-refractivity contribution is 6.31. The number of aromatic nitrogens is 2. The first kappa shape index (κ1) is 16.5. The number of carbonyl (C=O) groups is 1. The van der Waals surface area contributed by atoms with Crippen LogP contribution < -0.4 is 9.47 Å². The van der Waals surface area contributed by atoms with Gasteiger partial charge in [0, 0.05) is 23.8 Å². The molecule has 1 aromatic heterocycles. The Morgan fingerprint density at radius 3 is 3.00 bits per heavy atom. The van der Waals surface area contributed by atoms with E-state index in [4.69, 9.17) is 21.1 Å². The molecule has 1 aromatic carbocycles. The van der Waals surface area contributed by atoms with Crippen LogP contribution in [0.2, 0.25) is 5.02 Å². The first-order chi connectivity index (χ1) is 11.7. The molecule has 0 spiro atoms. The number of ether oxygens (including phenoxy) is 2. The second kappa shape index (κ2) is 7.49. The van der Waals surface area contributed by atoms with Crippen LogP contribution in [0.15, 0.2) is 36.5 Å². The number of hydrogen-bond acceptors (Lipinski definition) is 5. The molecule has 1 amide bonds. The summed E-state index contributed by atoms with van der Waals surface area (Å²) in [7, 11) is 1.54. The predicted octanol–water partition coefficient (Wildman–Crippen LogP) is 2.82. The van der Waals surface area contributed by atoms with Crippen LogP contribution in [0.3, 0.4) is 0 Å². The first-order valence-electron chi connectivity index (χ1n) is 7.74. The molecule has 0 saturated carbocycles. The molecule has 6 nitrogen and oxygen atoms in total. The molecule has 1 unspecified atom stereocenters. The Bertz CT molecular complexity index is 711. The Kier molecular flexibility index (Phi) is 5.15. The van der Waals surface area contributed by atoms with Crippen molar-refractivity contribution in [2.75, 3.05) is 20.2 Å². The van der Waals surface area contributed by atoms with Crippen LogP contribution in [-0.2, 0) is 0 Å². The number of nitrogens with zero attached hydrogens (tertiary/aromatic N) is 3. The second-order valence-electron chi connectivity index (χ2n) is 5.54. The molecule has 0 bridgehead atoms. The quantitative estimate of drug-likeness (QED) is 0.851. The van der Waals surface area contributed by atoms with E-state index in [-0.39, 0.29) is 12.0 Å². The SMILES string of the molecule is COc1ccc(Cl)cc1C(=O)N1CCCC(Oc2cccnn2)C1. The van der Waals surface area contributed by atoms with E-state index in [1.165, 1.54) is 7.11 Å². The molecular formula is C17H18ClN3O3. The van der Waals surface area contributed by atoms with Crippen molar-refractivity contribution in [2.45, 2.75) is 18.9 Å². The van der Waals surface area contributed by atoms with Gasteiger partial charge in [0.1, 0.15) is 11.9 Å². The molecule has 0 radical (unpaired) electrons. The standard InChI is InChI=1S/C17H18ClN3O3/c1-23-15-7-6-12(18)10-14(15)17(22)21-9-3-4-13(11-21)24-16-5-2-8-19-20-16/h2,5-8,10,13H,3-4,9,11H2,1H3. The summed E-state index contributed by atoms with van der Waals surface area (Å²) in [6, 6.07) is 8.56. The lowest BCUT2D eigenvalue weighted by molar-refractivity contribution is 0.0522. The van der Waals surface area contributed by atoms with Gasteiger partial charge in [-0.05, 0) is 37.1 Å². The van der Waals surface area contributed by atoms with Crippen molar-refractivity contribution in [3.8, 4) is 11.6 Å². The number of methoxy groups -OCH3 is 1. The molecule has 1 saturated heterocycles. The smallest absolute Gasteiger partial charge is 0.257 e. The van der Waals surface area contributed by atoms with E-state index in [0.717, 1.165) is 12.8 Å². The maximum absolute atomic E-state index is 12.8. The molecular weight excluding hydrogens is 330 g/mol. The fourth-order valence-corrected chi connectivity index (χ4v) is 2.93. The number of hydrogen-bond donors (Lipinski definition) is 0. The molecule has 3 rings (SSSR count). The zero-order chi connectivity index (χ0) is 16.9. The number of rotatable bonds is 4. The summed E-state index contributed by atoms with van der Waals surface area (Å²) in [5.41, 5.74) is 0.463. The fraction of sp³-hybridized carbons (Fsp3) is 0.353. The molecule has 7 heteroatoms. The van der Waals surface area contributed by atoms with E-state index in [0.29, 0.717) is 35.3 Å². The number of benzene rings is 1. The molecule has 126 valence electrons. The van der Waals surface area contributed by atoms with Crippen molar-refractivity contribution >= 4 is 17.5 Å². The second-order valence-corrected chi connectivity index (χ2v) is 5.98. The minimum absolute atomic E-state index is 0.107. The van der Waals surface area contributed by atoms with Crippen LogP contribution in [-0.4, -0.2) is 47.3 Å². The lowest BCUT2D eigenvalue weighted by Gasteiger charge is -2.32. The maximum atomic E-state index is 12.8. The molecule has 1 fully saturated rings. The fourth-order valence-electron chi connectivity index (χ4n) is 2.76. The van der Waals surface area contributed by atoms with Crippen LogP contribution >= 0.6 is 11.6 Å². The van der Waals surface area contributed by atoms with Gasteiger partial charge in [-0.3, -0.25) is 4.79 Å². The molecule has 2 aromatic rings. The maximum Gasteiger partial charge on any atom is 0.257 e. The summed E-state index contributed by atoms with van der Waals surface area (Å²) in [6.07, 6.45) is 3.21. The molecule has 1 aliphatic heterocycles. The average molecular weight is 348 g/mol. The van der Waals surface area contributed by atoms with Gasteiger partial charge >= 0.3 is 0 Å². The van der Waals surface area contributed by atoms with Gasteiger partial charge in [0.15, 0.2) is 0 Å². The monoisotopic (exact) mass is 347 g/mol. The zero-order valence-electron chi connectivity index (χ0n) is 13.3. The minimum atomic E-state index is -0.109. The summed E-state index contributed by atoms with van der Waals surface area (Å²) in [5.74, 6) is 0.875. The minimum Gasteiger partial charge on any atom is -0.496 e. The third-order valence-electron chi connectivity index (χ3n) is 3.89. The summed E-state index contributed by atoms with van der Waals surface area (Å²) in [5, 5.41) is 8.23. The van der Waals surface area contributed by atoms with Crippen molar-refractivity contribution in [1.29, 1.82) is 0 Å². The molecule has 1 aliphatic rings. The van der Waals surface area contributed by atoms with Crippen LogP contribution in [0.25, 0.3) is 0 Å². The van der Waals surface area contributed by atoms with E-state index in [1.54, 1.807) is 41.4 Å². The van der Waals surface area contributed by atoms with Gasteiger partial charge in [-0.2, -0.15) is 5.10 Å². The number of likely N-dealkylation sites (tertiary alicyclic amines) is 1. The third kappa shape index (κ3) is 3.76. The third-order valence-corrected chi connectivity index (χ3v) is 4.13. The molecule has 0 N–H and O–H groups in total. The van der Waals surface area contributed by atoms with Crippen LogP contribution in [0.1, 0.15) is 23.2 Å². The highest BCUT2D eigenvalue weighted by Gasteiger charge is 2.27. The molecule has 0 aliphatic carbocycles. The highest BCUT2D eigenvalue weighted by Crippen LogP contribution is 2.26. The van der Waals surface area contributed by atoms with Crippen molar-refractivity contribution in [3.05, 3.63) is 47.1 Å². The van der Waals surface area contributed by atoms with E-state index >= 15 is 0 Å². The van der Waals surface area contributed by atoms with Crippen LogP contribution in [0.5, 0.6) is 11.6 Å². The van der Waals surface area contributed by atoms with Gasteiger partial charge in [0.25, 0.3) is 5.91 Å². The average Bonchev–Trinajstić information content (AvgIpc) is 2.62. The number of piperidine rings is 1. The van der Waals surface area contributed by atoms with Crippen LogP contribution in [0.4, 0.5) is 0 Å². The van der Waals surface area contributed by atoms with Crippen molar-refractivity contribution < 1.29 is 14.3 Å². The Morgan fingerprint density at radius 2 is 2.25 bits per heavy atom. The van der Waals surface area contributed by atoms with E-state index in [2.05, 4.69) is 10.2 Å². The van der Waals surface area contributed by atoms with Gasteiger partial charge < -0.3 is 14.4 Å². The molecule has 1 atom stereocenters. The number of halogens is 1. The predicted molar refractivity (Wildman–Crippen MR) is 89.6 cm³/mol. The van der Waals surface area contributed by atoms with Gasteiger partial charge in [-0.25, -0.2) is 0 Å². The molecule has 24 heavy (non-hydrogen) atoms. The van der Waals surface area contributed by atoms with E-state index < -0.39 is 0 Å². The lowest BCUT2D eigenvalue weighted by Crippen LogP contribution is -2.44. The van der Waals surface area contributed by atoms with Crippen LogP contribution in [0, 0.1) is 0 Å². The van der Waals surface area contributed by atoms with Gasteiger partial charge in [0.05, 0.1) is 19.2 Å². The highest BCUT2D eigenvalue weighted by atomic mass is 35.5.